The van der Waals surface area contributed by atoms with Crippen LogP contribution in [0.3, 0.4) is 0 Å². The zero-order valence-electron chi connectivity index (χ0n) is 9.11. The molecule has 0 atom stereocenters. The van der Waals surface area contributed by atoms with Crippen molar-refractivity contribution in [3.05, 3.63) is 33.7 Å². The lowest BCUT2D eigenvalue weighted by Crippen LogP contribution is -2.17. The molecule has 0 saturated carbocycles. The lowest BCUT2D eigenvalue weighted by Gasteiger charge is -2.14. The fourth-order valence-electron chi connectivity index (χ4n) is 1.47. The Morgan fingerprint density at radius 1 is 1.50 bits per heavy atom. The first-order chi connectivity index (χ1) is 7.66. The van der Waals surface area contributed by atoms with E-state index in [0.717, 1.165) is 18.0 Å². The molecule has 0 aliphatic rings. The van der Waals surface area contributed by atoms with E-state index in [1.807, 2.05) is 20.0 Å². The second kappa shape index (κ2) is 4.95. The van der Waals surface area contributed by atoms with Gasteiger partial charge in [0.25, 0.3) is 0 Å². The Hall–Kier alpha value is -0.910. The Morgan fingerprint density at radius 3 is 2.88 bits per heavy atom. The highest BCUT2D eigenvalue weighted by Gasteiger charge is 2.10. The quantitative estimate of drug-likeness (QED) is 0.845. The van der Waals surface area contributed by atoms with Crippen LogP contribution in [0.15, 0.2) is 16.7 Å². The minimum atomic E-state index is 0.663. The zero-order valence-corrected chi connectivity index (χ0v) is 10.7. The highest BCUT2D eigenvalue weighted by atomic mass is 35.5. The number of hydrogen-bond acceptors (Lipinski definition) is 5. The van der Waals surface area contributed by atoms with E-state index >= 15 is 0 Å². The Balaban J connectivity index is 1.97. The fraction of sp³-hybridized carbons (Fsp3) is 0.400. The normalized spacial score (nSPS) is 11.2. The van der Waals surface area contributed by atoms with Crippen molar-refractivity contribution >= 4 is 23.1 Å². The van der Waals surface area contributed by atoms with E-state index in [-0.39, 0.29) is 0 Å². The summed E-state index contributed by atoms with van der Waals surface area (Å²) in [6.45, 7) is 3.47. The Morgan fingerprint density at radius 2 is 2.31 bits per heavy atom. The Kier molecular flexibility index (Phi) is 3.58. The molecular weight excluding hydrogens is 246 g/mol. The fourth-order valence-corrected chi connectivity index (χ4v) is 2.08. The van der Waals surface area contributed by atoms with Gasteiger partial charge in [0, 0.05) is 30.2 Å². The van der Waals surface area contributed by atoms with Crippen LogP contribution in [-0.4, -0.2) is 21.5 Å². The summed E-state index contributed by atoms with van der Waals surface area (Å²) in [6.07, 6.45) is 1.70. The molecule has 2 aromatic rings. The first kappa shape index (κ1) is 11.6. The minimum Gasteiger partial charge on any atom is -0.469 e. The zero-order chi connectivity index (χ0) is 11.5. The number of rotatable bonds is 4. The molecule has 0 unspecified atom stereocenters. The second-order valence-electron chi connectivity index (χ2n) is 3.67. The number of furan rings is 1. The third kappa shape index (κ3) is 2.61. The molecule has 0 aromatic carbocycles. The van der Waals surface area contributed by atoms with Crippen LogP contribution in [-0.2, 0) is 13.1 Å². The summed E-state index contributed by atoms with van der Waals surface area (Å²) in [5, 5.41) is 3.98. The summed E-state index contributed by atoms with van der Waals surface area (Å²) in [4.78, 5) is 2.13. The molecule has 2 rings (SSSR count). The van der Waals surface area contributed by atoms with E-state index in [0.29, 0.717) is 10.9 Å². The van der Waals surface area contributed by atoms with Gasteiger partial charge in [0.1, 0.15) is 15.8 Å². The van der Waals surface area contributed by atoms with Gasteiger partial charge in [-0.3, -0.25) is 4.90 Å². The molecule has 0 aliphatic carbocycles. The van der Waals surface area contributed by atoms with Gasteiger partial charge in [-0.05, 0) is 20.0 Å². The summed E-state index contributed by atoms with van der Waals surface area (Å²) in [7, 11) is 2.02. The molecule has 0 aliphatic heterocycles. The van der Waals surface area contributed by atoms with Crippen LogP contribution in [0, 0.1) is 6.92 Å². The number of aromatic nitrogens is 2. The molecule has 0 saturated heterocycles. The van der Waals surface area contributed by atoms with Crippen LogP contribution in [0.1, 0.15) is 17.0 Å². The largest absolute Gasteiger partial charge is 0.469 e. The Labute approximate surface area is 103 Å². The molecule has 16 heavy (non-hydrogen) atoms. The van der Waals surface area contributed by atoms with Crippen molar-refractivity contribution in [2.75, 3.05) is 7.05 Å². The van der Waals surface area contributed by atoms with Crippen LogP contribution in [0.2, 0.25) is 4.34 Å². The maximum atomic E-state index is 5.95. The van der Waals surface area contributed by atoms with Crippen molar-refractivity contribution in [1.82, 2.24) is 14.5 Å². The highest BCUT2D eigenvalue weighted by Crippen LogP contribution is 2.19. The monoisotopic (exact) mass is 257 g/mol. The maximum absolute atomic E-state index is 5.95. The van der Waals surface area contributed by atoms with Gasteiger partial charge >= 0.3 is 0 Å². The molecule has 0 N–H and O–H groups in total. The molecule has 0 spiro atoms. The first-order valence-corrected chi connectivity index (χ1v) is 6.00. The van der Waals surface area contributed by atoms with E-state index in [4.69, 9.17) is 16.0 Å². The summed E-state index contributed by atoms with van der Waals surface area (Å²) < 4.78 is 9.71. The van der Waals surface area contributed by atoms with Crippen molar-refractivity contribution in [2.24, 2.45) is 0 Å². The van der Waals surface area contributed by atoms with E-state index < -0.39 is 0 Å². The van der Waals surface area contributed by atoms with Crippen LogP contribution in [0.25, 0.3) is 0 Å². The van der Waals surface area contributed by atoms with Gasteiger partial charge in [-0.2, -0.15) is 0 Å². The molecule has 0 fully saturated rings. The molecule has 4 nitrogen and oxygen atoms in total. The molecular formula is C10H12ClN3OS. The number of hydrogen-bond donors (Lipinski definition) is 0. The van der Waals surface area contributed by atoms with Crippen LogP contribution in [0.4, 0.5) is 0 Å². The van der Waals surface area contributed by atoms with Gasteiger partial charge in [0.15, 0.2) is 0 Å². The summed E-state index contributed by atoms with van der Waals surface area (Å²) in [5.41, 5.74) is 2.01. The van der Waals surface area contributed by atoms with Gasteiger partial charge in [0.2, 0.25) is 0 Å². The standard InChI is InChI=1S/C10H12ClN3OS/c1-7-8(3-4-15-7)5-14(2)6-9-10(11)16-13-12-9/h3-4H,5-6H2,1-2H3. The summed E-state index contributed by atoms with van der Waals surface area (Å²) >= 11 is 7.16. The van der Waals surface area contributed by atoms with Crippen LogP contribution < -0.4 is 0 Å². The van der Waals surface area contributed by atoms with Crippen LogP contribution in [0.5, 0.6) is 0 Å². The maximum Gasteiger partial charge on any atom is 0.138 e. The number of nitrogens with zero attached hydrogens (tertiary/aromatic N) is 3. The Bertz CT molecular complexity index is 426. The predicted molar refractivity (Wildman–Crippen MR) is 63.5 cm³/mol. The SMILES string of the molecule is Cc1occc1CN(C)Cc1nnsc1Cl. The van der Waals surface area contributed by atoms with E-state index in [9.17, 15) is 0 Å². The van der Waals surface area contributed by atoms with Gasteiger partial charge < -0.3 is 4.42 Å². The van der Waals surface area contributed by atoms with E-state index in [2.05, 4.69) is 14.5 Å². The van der Waals surface area contributed by atoms with Crippen molar-refractivity contribution < 1.29 is 4.42 Å². The van der Waals surface area contributed by atoms with Gasteiger partial charge in [-0.25, -0.2) is 0 Å². The lowest BCUT2D eigenvalue weighted by atomic mass is 10.2. The average molecular weight is 258 g/mol. The summed E-state index contributed by atoms with van der Waals surface area (Å²) in [5.74, 6) is 0.953. The van der Waals surface area contributed by atoms with Gasteiger partial charge in [-0.15, -0.1) is 5.10 Å². The predicted octanol–water partition coefficient (Wildman–Crippen LogP) is 2.72. The van der Waals surface area contributed by atoms with Crippen molar-refractivity contribution in [3.8, 4) is 0 Å². The topological polar surface area (TPSA) is 42.2 Å². The summed E-state index contributed by atoms with van der Waals surface area (Å²) in [6, 6.07) is 1.98. The molecule has 6 heteroatoms. The third-order valence-corrected chi connectivity index (χ3v) is 3.32. The lowest BCUT2D eigenvalue weighted by molar-refractivity contribution is 0.312. The minimum absolute atomic E-state index is 0.663. The molecule has 0 radical (unpaired) electrons. The van der Waals surface area contributed by atoms with Gasteiger partial charge in [0.05, 0.1) is 6.26 Å². The van der Waals surface area contributed by atoms with Crippen molar-refractivity contribution in [3.63, 3.8) is 0 Å². The van der Waals surface area contributed by atoms with Crippen LogP contribution >= 0.6 is 23.1 Å². The van der Waals surface area contributed by atoms with Crippen molar-refractivity contribution in [1.29, 1.82) is 0 Å². The number of halogens is 1. The second-order valence-corrected chi connectivity index (χ2v) is 5.02. The molecule has 2 aromatic heterocycles. The molecule has 0 bridgehead atoms. The molecule has 0 amide bonds. The van der Waals surface area contributed by atoms with Crippen molar-refractivity contribution in [2.45, 2.75) is 20.0 Å². The van der Waals surface area contributed by atoms with E-state index in [1.54, 1.807) is 6.26 Å². The molecule has 2 heterocycles. The highest BCUT2D eigenvalue weighted by molar-refractivity contribution is 7.10. The first-order valence-electron chi connectivity index (χ1n) is 4.85. The van der Waals surface area contributed by atoms with Gasteiger partial charge in [-0.1, -0.05) is 16.1 Å². The molecule has 86 valence electrons. The third-order valence-electron chi connectivity index (χ3n) is 2.34. The number of aryl methyl sites for hydroxylation is 1. The smallest absolute Gasteiger partial charge is 0.138 e. The average Bonchev–Trinajstić information content (AvgIpc) is 2.79. The van der Waals surface area contributed by atoms with E-state index in [1.165, 1.54) is 17.1 Å².